The standard InChI is InChI=1S/C12H20N2O2/c1-2-10-13-12(5-6-12)11(15)14(10)9-4-3-7-16-8-9/h9-10,13H,2-8H2,1H3. The van der Waals surface area contributed by atoms with Crippen LogP contribution in [0, 0.1) is 0 Å². The Morgan fingerprint density at radius 2 is 2.38 bits per heavy atom. The van der Waals surface area contributed by atoms with Gasteiger partial charge in [0.05, 0.1) is 24.4 Å². The van der Waals surface area contributed by atoms with E-state index in [1.165, 1.54) is 0 Å². The summed E-state index contributed by atoms with van der Waals surface area (Å²) < 4.78 is 5.50. The van der Waals surface area contributed by atoms with Gasteiger partial charge < -0.3 is 9.64 Å². The molecule has 1 saturated carbocycles. The molecular weight excluding hydrogens is 204 g/mol. The summed E-state index contributed by atoms with van der Waals surface area (Å²) in [5.74, 6) is 0.329. The molecule has 1 spiro atoms. The first-order valence-corrected chi connectivity index (χ1v) is 6.45. The molecule has 90 valence electrons. The molecule has 0 bridgehead atoms. The molecular formula is C12H20N2O2. The van der Waals surface area contributed by atoms with Crippen molar-refractivity contribution in [2.24, 2.45) is 0 Å². The van der Waals surface area contributed by atoms with Gasteiger partial charge in [0, 0.05) is 6.61 Å². The van der Waals surface area contributed by atoms with Crippen LogP contribution in [0.3, 0.4) is 0 Å². The van der Waals surface area contributed by atoms with E-state index >= 15 is 0 Å². The van der Waals surface area contributed by atoms with E-state index in [-0.39, 0.29) is 11.7 Å². The van der Waals surface area contributed by atoms with Gasteiger partial charge in [-0.25, -0.2) is 0 Å². The number of carbonyl (C=O) groups excluding carboxylic acids is 1. The molecule has 4 heteroatoms. The van der Waals surface area contributed by atoms with Crippen molar-refractivity contribution in [2.75, 3.05) is 13.2 Å². The smallest absolute Gasteiger partial charge is 0.244 e. The summed E-state index contributed by atoms with van der Waals surface area (Å²) in [6, 6.07) is 0.304. The molecule has 2 unspecified atom stereocenters. The van der Waals surface area contributed by atoms with Gasteiger partial charge in [0.2, 0.25) is 5.91 Å². The Bertz CT molecular complexity index is 295. The van der Waals surface area contributed by atoms with Crippen molar-refractivity contribution < 1.29 is 9.53 Å². The summed E-state index contributed by atoms with van der Waals surface area (Å²) in [5, 5.41) is 3.51. The lowest BCUT2D eigenvalue weighted by Gasteiger charge is -2.34. The summed E-state index contributed by atoms with van der Waals surface area (Å²) in [6.45, 7) is 3.72. The van der Waals surface area contributed by atoms with Crippen LogP contribution in [0.15, 0.2) is 0 Å². The normalized spacial score (nSPS) is 37.1. The third kappa shape index (κ3) is 1.47. The quantitative estimate of drug-likeness (QED) is 0.756. The zero-order valence-electron chi connectivity index (χ0n) is 9.87. The molecule has 2 atom stereocenters. The second-order valence-electron chi connectivity index (χ2n) is 5.23. The highest BCUT2D eigenvalue weighted by Crippen LogP contribution is 2.43. The first-order valence-electron chi connectivity index (χ1n) is 6.45. The summed E-state index contributed by atoms with van der Waals surface area (Å²) >= 11 is 0. The van der Waals surface area contributed by atoms with Crippen molar-refractivity contribution in [1.29, 1.82) is 0 Å². The molecule has 0 aromatic carbocycles. The van der Waals surface area contributed by atoms with E-state index in [2.05, 4.69) is 17.1 Å². The average molecular weight is 224 g/mol. The monoisotopic (exact) mass is 224 g/mol. The van der Waals surface area contributed by atoms with Crippen molar-refractivity contribution in [3.8, 4) is 0 Å². The van der Waals surface area contributed by atoms with E-state index in [4.69, 9.17) is 4.74 Å². The van der Waals surface area contributed by atoms with Gasteiger partial charge in [-0.05, 0) is 32.1 Å². The van der Waals surface area contributed by atoms with Crippen LogP contribution in [-0.2, 0) is 9.53 Å². The van der Waals surface area contributed by atoms with E-state index in [0.717, 1.165) is 45.3 Å². The van der Waals surface area contributed by atoms with Crippen LogP contribution in [0.5, 0.6) is 0 Å². The topological polar surface area (TPSA) is 41.6 Å². The minimum Gasteiger partial charge on any atom is -0.379 e. The second kappa shape index (κ2) is 3.70. The van der Waals surface area contributed by atoms with Crippen molar-refractivity contribution >= 4 is 5.91 Å². The molecule has 3 fully saturated rings. The number of rotatable bonds is 2. The Balaban J connectivity index is 1.78. The van der Waals surface area contributed by atoms with E-state index < -0.39 is 0 Å². The highest BCUT2D eigenvalue weighted by Gasteiger charge is 2.59. The predicted molar refractivity (Wildman–Crippen MR) is 59.9 cm³/mol. The first kappa shape index (κ1) is 10.5. The molecule has 1 amide bonds. The predicted octanol–water partition coefficient (Wildman–Crippen LogP) is 0.866. The molecule has 3 aliphatic rings. The fourth-order valence-electron chi connectivity index (χ4n) is 2.98. The van der Waals surface area contributed by atoms with Crippen LogP contribution in [0.4, 0.5) is 0 Å². The highest BCUT2D eigenvalue weighted by molar-refractivity contribution is 5.92. The number of carbonyl (C=O) groups is 1. The van der Waals surface area contributed by atoms with Crippen LogP contribution < -0.4 is 5.32 Å². The lowest BCUT2D eigenvalue weighted by Crippen LogP contribution is -2.48. The largest absolute Gasteiger partial charge is 0.379 e. The minimum absolute atomic E-state index is 0.169. The average Bonchev–Trinajstić information content (AvgIpc) is 3.04. The van der Waals surface area contributed by atoms with E-state index in [0.29, 0.717) is 11.9 Å². The van der Waals surface area contributed by atoms with Gasteiger partial charge in [-0.1, -0.05) is 6.92 Å². The molecule has 3 rings (SSSR count). The number of amides is 1. The Morgan fingerprint density at radius 1 is 1.56 bits per heavy atom. The number of hydrogen-bond acceptors (Lipinski definition) is 3. The molecule has 0 aromatic heterocycles. The van der Waals surface area contributed by atoms with Crippen molar-refractivity contribution in [1.82, 2.24) is 10.2 Å². The van der Waals surface area contributed by atoms with Crippen LogP contribution in [0.25, 0.3) is 0 Å². The fraction of sp³-hybridized carbons (Fsp3) is 0.917. The molecule has 1 aliphatic carbocycles. The van der Waals surface area contributed by atoms with Gasteiger partial charge in [0.1, 0.15) is 0 Å². The minimum atomic E-state index is -0.169. The number of nitrogens with zero attached hydrogens (tertiary/aromatic N) is 1. The Kier molecular flexibility index (Phi) is 2.44. The van der Waals surface area contributed by atoms with Crippen LogP contribution in [-0.4, -0.2) is 41.8 Å². The maximum Gasteiger partial charge on any atom is 0.244 e. The van der Waals surface area contributed by atoms with Crippen molar-refractivity contribution in [2.45, 2.75) is 56.8 Å². The third-order valence-electron chi connectivity index (χ3n) is 4.09. The van der Waals surface area contributed by atoms with Gasteiger partial charge in [-0.15, -0.1) is 0 Å². The van der Waals surface area contributed by atoms with Gasteiger partial charge in [-0.3, -0.25) is 10.1 Å². The SMILES string of the molecule is CCC1NC2(CC2)C(=O)N1C1CCCOC1. The van der Waals surface area contributed by atoms with Crippen LogP contribution in [0.2, 0.25) is 0 Å². The van der Waals surface area contributed by atoms with Gasteiger partial charge >= 0.3 is 0 Å². The van der Waals surface area contributed by atoms with Crippen molar-refractivity contribution in [3.05, 3.63) is 0 Å². The zero-order valence-corrected chi connectivity index (χ0v) is 9.87. The van der Waals surface area contributed by atoms with Gasteiger partial charge in [-0.2, -0.15) is 0 Å². The third-order valence-corrected chi connectivity index (χ3v) is 4.09. The maximum absolute atomic E-state index is 12.4. The molecule has 2 aliphatic heterocycles. The molecule has 1 N–H and O–H groups in total. The van der Waals surface area contributed by atoms with Crippen molar-refractivity contribution in [3.63, 3.8) is 0 Å². The molecule has 4 nitrogen and oxygen atoms in total. The van der Waals surface area contributed by atoms with Crippen LogP contribution >= 0.6 is 0 Å². The number of ether oxygens (including phenoxy) is 1. The first-order chi connectivity index (χ1) is 7.77. The number of nitrogens with one attached hydrogen (secondary N) is 1. The Morgan fingerprint density at radius 3 is 2.94 bits per heavy atom. The fourth-order valence-corrected chi connectivity index (χ4v) is 2.98. The molecule has 2 heterocycles. The lowest BCUT2D eigenvalue weighted by molar-refractivity contribution is -0.135. The van der Waals surface area contributed by atoms with Crippen LogP contribution in [0.1, 0.15) is 39.0 Å². The summed E-state index contributed by atoms with van der Waals surface area (Å²) in [5.41, 5.74) is -0.169. The molecule has 2 saturated heterocycles. The molecule has 0 radical (unpaired) electrons. The summed E-state index contributed by atoms with van der Waals surface area (Å²) in [7, 11) is 0. The number of hydrogen-bond donors (Lipinski definition) is 1. The zero-order chi connectivity index (χ0) is 11.2. The highest BCUT2D eigenvalue weighted by atomic mass is 16.5. The lowest BCUT2D eigenvalue weighted by atomic mass is 10.1. The summed E-state index contributed by atoms with van der Waals surface area (Å²) in [6.07, 6.45) is 5.45. The Labute approximate surface area is 96.3 Å². The maximum atomic E-state index is 12.4. The Hall–Kier alpha value is -0.610. The molecule has 0 aromatic rings. The summed E-state index contributed by atoms with van der Waals surface area (Å²) in [4.78, 5) is 14.4. The second-order valence-corrected chi connectivity index (χ2v) is 5.23. The van der Waals surface area contributed by atoms with E-state index in [9.17, 15) is 4.79 Å². The molecule has 16 heavy (non-hydrogen) atoms. The van der Waals surface area contributed by atoms with E-state index in [1.807, 2.05) is 0 Å². The van der Waals surface area contributed by atoms with E-state index in [1.54, 1.807) is 0 Å². The van der Waals surface area contributed by atoms with Gasteiger partial charge in [0.15, 0.2) is 0 Å². The van der Waals surface area contributed by atoms with Gasteiger partial charge in [0.25, 0.3) is 0 Å².